The normalized spacial score (nSPS) is 18.8. The Bertz CT molecular complexity index is 987. The first-order chi connectivity index (χ1) is 14.2. The number of anilines is 1. The highest BCUT2D eigenvalue weighted by atomic mass is 16.2. The maximum Gasteiger partial charge on any atom is 0.240 e. The number of hydrogen-bond acceptors (Lipinski definition) is 3. The third kappa shape index (κ3) is 4.81. The Labute approximate surface area is 176 Å². The smallest absolute Gasteiger partial charge is 0.240 e. The lowest BCUT2D eigenvalue weighted by Crippen LogP contribution is -2.49. The molecule has 0 saturated carbocycles. The van der Waals surface area contributed by atoms with Crippen LogP contribution in [0.1, 0.15) is 49.8 Å². The summed E-state index contributed by atoms with van der Waals surface area (Å²) in [5, 5.41) is 6.69. The van der Waals surface area contributed by atoms with E-state index in [1.807, 2.05) is 76.2 Å². The molecule has 156 valence electrons. The molecule has 0 fully saturated rings. The minimum absolute atomic E-state index is 0.128. The van der Waals surface area contributed by atoms with E-state index in [1.54, 1.807) is 0 Å². The number of benzene rings is 2. The zero-order valence-corrected chi connectivity index (χ0v) is 17.8. The minimum atomic E-state index is -0.892. The van der Waals surface area contributed by atoms with E-state index in [2.05, 4.69) is 15.3 Å². The van der Waals surface area contributed by atoms with Crippen LogP contribution < -0.4 is 10.2 Å². The summed E-state index contributed by atoms with van der Waals surface area (Å²) in [4.78, 5) is 30.3. The molecule has 0 radical (unpaired) electrons. The van der Waals surface area contributed by atoms with Crippen LogP contribution in [0.4, 0.5) is 5.69 Å². The second-order valence-electron chi connectivity index (χ2n) is 8.70. The van der Waals surface area contributed by atoms with Crippen molar-refractivity contribution < 1.29 is 9.59 Å². The summed E-state index contributed by atoms with van der Waals surface area (Å²) in [6, 6.07) is 14.8. The molecule has 2 atom stereocenters. The second-order valence-corrected chi connectivity index (χ2v) is 8.70. The SMILES string of the molecule is Cc1ccc(C2CC(N=[N+]=[N-])C(=O)N(CC(=O)NC(C)(C)C)c3ccccc32)cc1. The zero-order valence-electron chi connectivity index (χ0n) is 17.8. The van der Waals surface area contributed by atoms with Gasteiger partial charge in [-0.2, -0.15) is 0 Å². The Morgan fingerprint density at radius 1 is 1.20 bits per heavy atom. The maximum atomic E-state index is 13.3. The third-order valence-corrected chi connectivity index (χ3v) is 5.10. The van der Waals surface area contributed by atoms with E-state index in [0.29, 0.717) is 12.1 Å². The summed E-state index contributed by atoms with van der Waals surface area (Å²) in [5.41, 5.74) is 12.4. The van der Waals surface area contributed by atoms with E-state index >= 15 is 0 Å². The third-order valence-electron chi connectivity index (χ3n) is 5.10. The fraction of sp³-hybridized carbons (Fsp3) is 0.391. The number of fused-ring (bicyclic) bond motifs is 1. The number of carbonyl (C=O) groups is 2. The van der Waals surface area contributed by atoms with Crippen LogP contribution in [0.5, 0.6) is 0 Å². The van der Waals surface area contributed by atoms with Crippen molar-refractivity contribution in [2.24, 2.45) is 5.11 Å². The van der Waals surface area contributed by atoms with Gasteiger partial charge in [0, 0.05) is 22.1 Å². The van der Waals surface area contributed by atoms with Crippen molar-refractivity contribution in [3.05, 3.63) is 75.7 Å². The standard InChI is InChI=1S/C23H27N5O2/c1-15-9-11-16(12-10-15)18-13-19(26-27-24)22(30)28(14-21(29)25-23(2,3)4)20-8-6-5-7-17(18)20/h5-12,18-19H,13-14H2,1-4H3,(H,25,29). The molecule has 0 aliphatic carbocycles. The van der Waals surface area contributed by atoms with Crippen LogP contribution in [0.25, 0.3) is 10.4 Å². The first-order valence-electron chi connectivity index (χ1n) is 10.0. The number of carbonyl (C=O) groups excluding carboxylic acids is 2. The quantitative estimate of drug-likeness (QED) is 0.461. The predicted octanol–water partition coefficient (Wildman–Crippen LogP) is 4.46. The largest absolute Gasteiger partial charge is 0.350 e. The van der Waals surface area contributed by atoms with Crippen LogP contribution in [0.2, 0.25) is 0 Å². The van der Waals surface area contributed by atoms with Crippen LogP contribution >= 0.6 is 0 Å². The molecule has 3 rings (SSSR count). The van der Waals surface area contributed by atoms with Crippen molar-refractivity contribution in [2.45, 2.75) is 51.6 Å². The molecular weight excluding hydrogens is 378 g/mol. The number of hydrogen-bond donors (Lipinski definition) is 1. The molecule has 0 aromatic heterocycles. The van der Waals surface area contributed by atoms with Crippen LogP contribution in [0.15, 0.2) is 53.6 Å². The van der Waals surface area contributed by atoms with Crippen LogP contribution in [0.3, 0.4) is 0 Å². The molecule has 30 heavy (non-hydrogen) atoms. The Morgan fingerprint density at radius 3 is 2.50 bits per heavy atom. The Hall–Kier alpha value is -3.31. The highest BCUT2D eigenvalue weighted by Gasteiger charge is 2.36. The van der Waals surface area contributed by atoms with Crippen molar-refractivity contribution in [2.75, 3.05) is 11.4 Å². The van der Waals surface area contributed by atoms with Crippen molar-refractivity contribution in [3.8, 4) is 0 Å². The monoisotopic (exact) mass is 405 g/mol. The summed E-state index contributed by atoms with van der Waals surface area (Å²) >= 11 is 0. The summed E-state index contributed by atoms with van der Waals surface area (Å²) in [7, 11) is 0. The van der Waals surface area contributed by atoms with Gasteiger partial charge in [0.25, 0.3) is 0 Å². The first kappa shape index (κ1) is 21.4. The zero-order chi connectivity index (χ0) is 21.9. The highest BCUT2D eigenvalue weighted by molar-refractivity contribution is 6.03. The summed E-state index contributed by atoms with van der Waals surface area (Å²) in [5.74, 6) is -0.755. The molecule has 7 heteroatoms. The average molecular weight is 406 g/mol. The molecule has 1 N–H and O–H groups in total. The van der Waals surface area contributed by atoms with Crippen LogP contribution in [-0.2, 0) is 9.59 Å². The molecule has 7 nitrogen and oxygen atoms in total. The Balaban J connectivity index is 2.08. The number of amides is 2. The van der Waals surface area contributed by atoms with Crippen molar-refractivity contribution in [1.29, 1.82) is 0 Å². The lowest BCUT2D eigenvalue weighted by atomic mass is 9.86. The minimum Gasteiger partial charge on any atom is -0.350 e. The van der Waals surface area contributed by atoms with E-state index < -0.39 is 11.6 Å². The van der Waals surface area contributed by atoms with Gasteiger partial charge in [-0.3, -0.25) is 9.59 Å². The predicted molar refractivity (Wildman–Crippen MR) is 117 cm³/mol. The number of aryl methyl sites for hydroxylation is 1. The molecule has 1 heterocycles. The van der Waals surface area contributed by atoms with E-state index in [0.717, 1.165) is 16.7 Å². The Kier molecular flexibility index (Phi) is 6.13. The van der Waals surface area contributed by atoms with Gasteiger partial charge < -0.3 is 10.2 Å². The van der Waals surface area contributed by atoms with Crippen molar-refractivity contribution in [3.63, 3.8) is 0 Å². The van der Waals surface area contributed by atoms with Crippen LogP contribution in [-0.4, -0.2) is 29.9 Å². The van der Waals surface area contributed by atoms with Crippen molar-refractivity contribution >= 4 is 17.5 Å². The fourth-order valence-corrected chi connectivity index (χ4v) is 3.82. The maximum absolute atomic E-state index is 13.3. The molecule has 2 amide bonds. The molecule has 0 bridgehead atoms. The lowest BCUT2D eigenvalue weighted by molar-refractivity contribution is -0.125. The molecule has 1 aliphatic rings. The summed E-state index contributed by atoms with van der Waals surface area (Å²) in [6.07, 6.45) is 0.348. The van der Waals surface area contributed by atoms with E-state index in [1.165, 1.54) is 4.90 Å². The van der Waals surface area contributed by atoms with Gasteiger partial charge in [-0.15, -0.1) is 0 Å². The van der Waals surface area contributed by atoms with Gasteiger partial charge in [0.05, 0.1) is 0 Å². The van der Waals surface area contributed by atoms with Crippen molar-refractivity contribution in [1.82, 2.24) is 5.32 Å². The first-order valence-corrected chi connectivity index (χ1v) is 10.0. The number of rotatable bonds is 4. The highest BCUT2D eigenvalue weighted by Crippen LogP contribution is 2.39. The molecule has 2 aromatic rings. The van der Waals surface area contributed by atoms with Gasteiger partial charge in [-0.1, -0.05) is 53.1 Å². The van der Waals surface area contributed by atoms with Gasteiger partial charge in [0.1, 0.15) is 12.6 Å². The average Bonchev–Trinajstić information content (AvgIpc) is 2.78. The number of azide groups is 1. The van der Waals surface area contributed by atoms with Gasteiger partial charge in [0.15, 0.2) is 0 Å². The van der Waals surface area contributed by atoms with E-state index in [-0.39, 0.29) is 24.3 Å². The topological polar surface area (TPSA) is 98.2 Å². The van der Waals surface area contributed by atoms with Gasteiger partial charge in [0.2, 0.25) is 11.8 Å². The molecule has 0 saturated heterocycles. The molecule has 2 unspecified atom stereocenters. The van der Waals surface area contributed by atoms with E-state index in [9.17, 15) is 9.59 Å². The lowest BCUT2D eigenvalue weighted by Gasteiger charge is -2.27. The van der Waals surface area contributed by atoms with Gasteiger partial charge in [-0.25, -0.2) is 0 Å². The molecule has 2 aromatic carbocycles. The fourth-order valence-electron chi connectivity index (χ4n) is 3.82. The van der Waals surface area contributed by atoms with Gasteiger partial charge in [-0.05, 0) is 56.8 Å². The summed E-state index contributed by atoms with van der Waals surface area (Å²) in [6.45, 7) is 7.55. The molecule has 1 aliphatic heterocycles. The summed E-state index contributed by atoms with van der Waals surface area (Å²) < 4.78 is 0. The number of nitrogens with one attached hydrogen (secondary N) is 1. The number of para-hydroxylation sites is 1. The van der Waals surface area contributed by atoms with E-state index in [4.69, 9.17) is 5.53 Å². The molecular formula is C23H27N5O2. The Morgan fingerprint density at radius 2 is 1.87 bits per heavy atom. The molecule has 0 spiro atoms. The van der Waals surface area contributed by atoms with Gasteiger partial charge >= 0.3 is 0 Å². The van der Waals surface area contributed by atoms with Crippen LogP contribution in [0, 0.1) is 6.92 Å². The number of nitrogens with zero attached hydrogens (tertiary/aromatic N) is 4. The second kappa shape index (κ2) is 8.59.